The molecule has 0 fully saturated rings. The molecule has 0 bridgehead atoms. The van der Waals surface area contributed by atoms with Crippen LogP contribution < -0.4 is 5.32 Å². The Kier molecular flexibility index (Phi) is 5.62. The van der Waals surface area contributed by atoms with E-state index in [0.717, 1.165) is 48.9 Å². The van der Waals surface area contributed by atoms with E-state index in [2.05, 4.69) is 40.8 Å². The van der Waals surface area contributed by atoms with Crippen molar-refractivity contribution in [3.05, 3.63) is 52.6 Å². The lowest BCUT2D eigenvalue weighted by Gasteiger charge is -2.10. The Morgan fingerprint density at radius 2 is 2.15 bits per heavy atom. The van der Waals surface area contributed by atoms with E-state index in [4.69, 9.17) is 11.6 Å². The summed E-state index contributed by atoms with van der Waals surface area (Å²) in [5.41, 5.74) is 2.41. The van der Waals surface area contributed by atoms with Gasteiger partial charge >= 0.3 is 0 Å². The third-order valence-electron chi connectivity index (χ3n) is 3.30. The fourth-order valence-electron chi connectivity index (χ4n) is 2.27. The smallest absolute Gasteiger partial charge is 0.113 e. The summed E-state index contributed by atoms with van der Waals surface area (Å²) < 4.78 is 2.22. The molecule has 0 aliphatic carbocycles. The molecule has 0 aliphatic rings. The topological polar surface area (TPSA) is 29.9 Å². The number of halogens is 1. The van der Waals surface area contributed by atoms with Crippen molar-refractivity contribution in [1.29, 1.82) is 0 Å². The van der Waals surface area contributed by atoms with Crippen molar-refractivity contribution in [2.75, 3.05) is 6.54 Å². The molecule has 0 amide bonds. The molecule has 4 heteroatoms. The van der Waals surface area contributed by atoms with Gasteiger partial charge in [0.1, 0.15) is 5.82 Å². The number of imidazole rings is 1. The second kappa shape index (κ2) is 7.46. The van der Waals surface area contributed by atoms with E-state index in [1.165, 1.54) is 5.56 Å². The minimum Gasteiger partial charge on any atom is -0.335 e. The molecule has 1 N–H and O–H groups in total. The molecule has 2 aromatic rings. The molecule has 108 valence electrons. The summed E-state index contributed by atoms with van der Waals surface area (Å²) in [5.74, 6) is 1.11. The molecule has 0 saturated heterocycles. The highest BCUT2D eigenvalue weighted by molar-refractivity contribution is 6.31. The predicted octanol–water partition coefficient (Wildman–Crippen LogP) is 3.65. The van der Waals surface area contributed by atoms with Gasteiger partial charge in [-0.2, -0.15) is 0 Å². The standard InChI is InChI=1S/C16H22ClN3/c1-3-8-20-9-7-19-16(20)11-13-5-6-15(17)14(10-13)12-18-4-2/h5-7,9-10,18H,3-4,8,11-12H2,1-2H3. The van der Waals surface area contributed by atoms with Crippen LogP contribution >= 0.6 is 11.6 Å². The van der Waals surface area contributed by atoms with E-state index in [1.807, 2.05) is 18.5 Å². The average Bonchev–Trinajstić information content (AvgIpc) is 2.87. The molecule has 0 unspecified atom stereocenters. The van der Waals surface area contributed by atoms with Gasteiger partial charge in [-0.25, -0.2) is 4.98 Å². The van der Waals surface area contributed by atoms with Crippen molar-refractivity contribution in [2.24, 2.45) is 0 Å². The number of benzene rings is 1. The molecule has 0 spiro atoms. The first kappa shape index (κ1) is 15.1. The van der Waals surface area contributed by atoms with Gasteiger partial charge < -0.3 is 9.88 Å². The van der Waals surface area contributed by atoms with Gasteiger partial charge in [0, 0.05) is 36.9 Å². The zero-order chi connectivity index (χ0) is 14.4. The molecule has 1 aromatic heterocycles. The number of nitrogens with one attached hydrogen (secondary N) is 1. The molecular weight excluding hydrogens is 270 g/mol. The first-order chi connectivity index (χ1) is 9.74. The number of hydrogen-bond acceptors (Lipinski definition) is 2. The van der Waals surface area contributed by atoms with Crippen LogP contribution in [0, 0.1) is 0 Å². The molecule has 1 aromatic carbocycles. The number of aromatic nitrogens is 2. The largest absolute Gasteiger partial charge is 0.335 e. The molecule has 0 saturated carbocycles. The third kappa shape index (κ3) is 3.84. The van der Waals surface area contributed by atoms with E-state index < -0.39 is 0 Å². The minimum atomic E-state index is 0.812. The van der Waals surface area contributed by atoms with Crippen molar-refractivity contribution in [3.8, 4) is 0 Å². The SMILES string of the molecule is CCCn1ccnc1Cc1ccc(Cl)c(CNCC)c1. The third-order valence-corrected chi connectivity index (χ3v) is 3.67. The van der Waals surface area contributed by atoms with Crippen molar-refractivity contribution >= 4 is 11.6 Å². The average molecular weight is 292 g/mol. The molecule has 1 heterocycles. The molecular formula is C16H22ClN3. The highest BCUT2D eigenvalue weighted by Crippen LogP contribution is 2.19. The quantitative estimate of drug-likeness (QED) is 0.844. The van der Waals surface area contributed by atoms with Crippen LogP contribution in [0.1, 0.15) is 37.2 Å². The highest BCUT2D eigenvalue weighted by atomic mass is 35.5. The minimum absolute atomic E-state index is 0.812. The van der Waals surface area contributed by atoms with Crippen LogP contribution in [0.5, 0.6) is 0 Å². The maximum Gasteiger partial charge on any atom is 0.113 e. The van der Waals surface area contributed by atoms with Crippen LogP contribution in [0.3, 0.4) is 0 Å². The van der Waals surface area contributed by atoms with Crippen LogP contribution in [-0.2, 0) is 19.5 Å². The van der Waals surface area contributed by atoms with Gasteiger partial charge in [-0.3, -0.25) is 0 Å². The van der Waals surface area contributed by atoms with E-state index in [1.54, 1.807) is 0 Å². The highest BCUT2D eigenvalue weighted by Gasteiger charge is 2.06. The Morgan fingerprint density at radius 1 is 1.30 bits per heavy atom. The number of hydrogen-bond donors (Lipinski definition) is 1. The van der Waals surface area contributed by atoms with Gasteiger partial charge in [-0.1, -0.05) is 37.6 Å². The summed E-state index contributed by atoms with van der Waals surface area (Å²) in [6, 6.07) is 6.25. The zero-order valence-electron chi connectivity index (χ0n) is 12.2. The Labute approximate surface area is 126 Å². The van der Waals surface area contributed by atoms with Crippen molar-refractivity contribution < 1.29 is 0 Å². The summed E-state index contributed by atoms with van der Waals surface area (Å²) in [6.45, 7) is 7.06. The fourth-order valence-corrected chi connectivity index (χ4v) is 2.45. The second-order valence-electron chi connectivity index (χ2n) is 4.92. The van der Waals surface area contributed by atoms with E-state index in [0.29, 0.717) is 0 Å². The van der Waals surface area contributed by atoms with Gasteiger partial charge in [0.05, 0.1) is 0 Å². The van der Waals surface area contributed by atoms with Crippen LogP contribution in [0.25, 0.3) is 0 Å². The van der Waals surface area contributed by atoms with Crippen LogP contribution in [0.4, 0.5) is 0 Å². The Hall–Kier alpha value is -1.32. The lowest BCUT2D eigenvalue weighted by Crippen LogP contribution is -2.12. The lowest BCUT2D eigenvalue weighted by molar-refractivity contribution is 0.646. The van der Waals surface area contributed by atoms with Crippen molar-refractivity contribution in [2.45, 2.75) is 39.8 Å². The predicted molar refractivity (Wildman–Crippen MR) is 84.2 cm³/mol. The lowest BCUT2D eigenvalue weighted by atomic mass is 10.1. The van der Waals surface area contributed by atoms with E-state index in [9.17, 15) is 0 Å². The van der Waals surface area contributed by atoms with Gasteiger partial charge in [0.15, 0.2) is 0 Å². The van der Waals surface area contributed by atoms with Crippen LogP contribution in [-0.4, -0.2) is 16.1 Å². The van der Waals surface area contributed by atoms with Gasteiger partial charge in [-0.15, -0.1) is 0 Å². The molecule has 3 nitrogen and oxygen atoms in total. The summed E-state index contributed by atoms with van der Waals surface area (Å²) in [5, 5.41) is 4.14. The van der Waals surface area contributed by atoms with Crippen molar-refractivity contribution in [1.82, 2.24) is 14.9 Å². The number of rotatable bonds is 7. The summed E-state index contributed by atoms with van der Waals surface area (Å²) in [7, 11) is 0. The van der Waals surface area contributed by atoms with Gasteiger partial charge in [0.25, 0.3) is 0 Å². The van der Waals surface area contributed by atoms with Crippen molar-refractivity contribution in [3.63, 3.8) is 0 Å². The van der Waals surface area contributed by atoms with Gasteiger partial charge in [0.2, 0.25) is 0 Å². The molecule has 20 heavy (non-hydrogen) atoms. The van der Waals surface area contributed by atoms with Crippen LogP contribution in [0.2, 0.25) is 5.02 Å². The molecule has 0 radical (unpaired) electrons. The number of nitrogens with zero attached hydrogens (tertiary/aromatic N) is 2. The Bertz CT molecular complexity index is 548. The normalized spacial score (nSPS) is 10.9. The molecule has 2 rings (SSSR count). The van der Waals surface area contributed by atoms with Gasteiger partial charge in [-0.05, 0) is 30.2 Å². The zero-order valence-corrected chi connectivity index (χ0v) is 13.0. The monoisotopic (exact) mass is 291 g/mol. The first-order valence-corrected chi connectivity index (χ1v) is 7.60. The van der Waals surface area contributed by atoms with E-state index in [-0.39, 0.29) is 0 Å². The first-order valence-electron chi connectivity index (χ1n) is 7.22. The Morgan fingerprint density at radius 3 is 2.90 bits per heavy atom. The maximum absolute atomic E-state index is 6.23. The van der Waals surface area contributed by atoms with E-state index >= 15 is 0 Å². The van der Waals surface area contributed by atoms with Crippen LogP contribution in [0.15, 0.2) is 30.6 Å². The summed E-state index contributed by atoms with van der Waals surface area (Å²) in [6.07, 6.45) is 5.90. The Balaban J connectivity index is 2.14. The maximum atomic E-state index is 6.23. The second-order valence-corrected chi connectivity index (χ2v) is 5.33. The fraction of sp³-hybridized carbons (Fsp3) is 0.438. The molecule has 0 atom stereocenters. The summed E-state index contributed by atoms with van der Waals surface area (Å²) in [4.78, 5) is 4.46. The summed E-state index contributed by atoms with van der Waals surface area (Å²) >= 11 is 6.23. The molecule has 0 aliphatic heterocycles. The number of aryl methyl sites for hydroxylation is 1.